The first kappa shape index (κ1) is 20.4. The predicted octanol–water partition coefficient (Wildman–Crippen LogP) is 5.08. The average molecular weight is 435 g/mol. The van der Waals surface area contributed by atoms with Crippen LogP contribution in [0.1, 0.15) is 36.5 Å². The molecule has 2 aromatic carbocycles. The summed E-state index contributed by atoms with van der Waals surface area (Å²) in [7, 11) is 0. The van der Waals surface area contributed by atoms with Gasteiger partial charge in [-0.05, 0) is 82.8 Å². The highest BCUT2D eigenvalue weighted by Crippen LogP contribution is 2.27. The van der Waals surface area contributed by atoms with Crippen LogP contribution in [0.25, 0.3) is 0 Å². The summed E-state index contributed by atoms with van der Waals surface area (Å²) < 4.78 is 6.60. The Morgan fingerprint density at radius 3 is 2.46 bits per heavy atom. The van der Waals surface area contributed by atoms with Gasteiger partial charge in [0, 0.05) is 4.47 Å². The number of nitrogens with one attached hydrogen (secondary N) is 2. The van der Waals surface area contributed by atoms with Crippen molar-refractivity contribution in [3.63, 3.8) is 0 Å². The third kappa shape index (κ3) is 5.81. The second-order valence-corrected chi connectivity index (χ2v) is 7.73. The number of rotatable bonds is 5. The van der Waals surface area contributed by atoms with E-state index in [4.69, 9.17) is 17.0 Å². The minimum atomic E-state index is -0.304. The first-order valence-electron chi connectivity index (χ1n) is 8.36. The van der Waals surface area contributed by atoms with Gasteiger partial charge in [-0.2, -0.15) is 0 Å². The fraction of sp³-hybridized carbons (Fsp3) is 0.300. The van der Waals surface area contributed by atoms with Crippen molar-refractivity contribution >= 4 is 44.9 Å². The van der Waals surface area contributed by atoms with Crippen LogP contribution in [-0.4, -0.2) is 17.6 Å². The van der Waals surface area contributed by atoms with Crippen molar-refractivity contribution in [3.05, 3.63) is 57.6 Å². The van der Waals surface area contributed by atoms with E-state index in [0.29, 0.717) is 5.92 Å². The molecule has 2 aromatic rings. The molecule has 0 aliphatic rings. The second-order valence-electron chi connectivity index (χ2n) is 6.47. The molecule has 2 N–H and O–H groups in total. The van der Waals surface area contributed by atoms with E-state index in [0.717, 1.165) is 32.6 Å². The van der Waals surface area contributed by atoms with Crippen molar-refractivity contribution < 1.29 is 9.53 Å². The van der Waals surface area contributed by atoms with Gasteiger partial charge in [-0.25, -0.2) is 0 Å². The number of thiocarbonyl (C=S) groups is 1. The van der Waals surface area contributed by atoms with Crippen molar-refractivity contribution in [2.24, 2.45) is 0 Å². The lowest BCUT2D eigenvalue weighted by Crippen LogP contribution is -2.37. The van der Waals surface area contributed by atoms with Gasteiger partial charge in [0.25, 0.3) is 5.91 Å². The molecule has 0 bridgehead atoms. The van der Waals surface area contributed by atoms with Crippen LogP contribution < -0.4 is 15.4 Å². The number of hydrogen-bond donors (Lipinski definition) is 2. The predicted molar refractivity (Wildman–Crippen MR) is 114 cm³/mol. The first-order chi connectivity index (χ1) is 12.3. The number of amides is 1. The molecule has 0 spiro atoms. The Morgan fingerprint density at radius 2 is 1.81 bits per heavy atom. The molecule has 0 aliphatic heterocycles. The maximum atomic E-state index is 12.1. The lowest BCUT2D eigenvalue weighted by Gasteiger charge is -2.15. The molecule has 4 nitrogen and oxygen atoms in total. The average Bonchev–Trinajstić information content (AvgIpc) is 2.55. The van der Waals surface area contributed by atoms with Gasteiger partial charge < -0.3 is 10.1 Å². The lowest BCUT2D eigenvalue weighted by molar-refractivity contribution is -0.121. The summed E-state index contributed by atoms with van der Waals surface area (Å²) in [4.78, 5) is 12.1. The number of halogens is 1. The smallest absolute Gasteiger partial charge is 0.264 e. The van der Waals surface area contributed by atoms with Gasteiger partial charge in [-0.1, -0.05) is 32.0 Å². The zero-order chi connectivity index (χ0) is 19.3. The Labute approximate surface area is 168 Å². The molecule has 0 fully saturated rings. The van der Waals surface area contributed by atoms with Gasteiger partial charge in [-0.15, -0.1) is 0 Å². The van der Waals surface area contributed by atoms with Crippen molar-refractivity contribution in [2.75, 3.05) is 11.9 Å². The van der Waals surface area contributed by atoms with E-state index in [1.165, 1.54) is 0 Å². The summed E-state index contributed by atoms with van der Waals surface area (Å²) in [5.41, 5.74) is 4.09. The maximum absolute atomic E-state index is 12.1. The number of aryl methyl sites for hydroxylation is 2. The minimum Gasteiger partial charge on any atom is -0.483 e. The molecular formula is C20H23BrN2O2S. The molecule has 0 saturated carbocycles. The molecule has 1 amide bonds. The molecule has 0 aliphatic carbocycles. The normalized spacial score (nSPS) is 10.5. The zero-order valence-corrected chi connectivity index (χ0v) is 17.8. The largest absolute Gasteiger partial charge is 0.483 e. The molecule has 0 saturated heterocycles. The summed E-state index contributed by atoms with van der Waals surface area (Å²) in [5.74, 6) is 0.743. The van der Waals surface area contributed by atoms with Crippen molar-refractivity contribution in [1.82, 2.24) is 5.32 Å². The number of hydrogen-bond acceptors (Lipinski definition) is 3. The van der Waals surface area contributed by atoms with Crippen molar-refractivity contribution in [3.8, 4) is 5.75 Å². The quantitative estimate of drug-likeness (QED) is 0.643. The summed E-state index contributed by atoms with van der Waals surface area (Å²) in [6, 6.07) is 11.9. The topological polar surface area (TPSA) is 50.4 Å². The molecular weight excluding hydrogens is 412 g/mol. The molecule has 6 heteroatoms. The lowest BCUT2D eigenvalue weighted by atomic mass is 10.0. The Morgan fingerprint density at radius 1 is 1.15 bits per heavy atom. The minimum absolute atomic E-state index is 0.0972. The fourth-order valence-electron chi connectivity index (χ4n) is 2.42. The van der Waals surface area contributed by atoms with Crippen molar-refractivity contribution in [1.29, 1.82) is 0 Å². The van der Waals surface area contributed by atoms with E-state index in [-0.39, 0.29) is 17.6 Å². The van der Waals surface area contributed by atoms with E-state index in [9.17, 15) is 4.79 Å². The Hall–Kier alpha value is -1.92. The number of carbonyl (C=O) groups excluding carboxylic acids is 1. The van der Waals surface area contributed by atoms with E-state index in [1.807, 2.05) is 50.2 Å². The van der Waals surface area contributed by atoms with Gasteiger partial charge >= 0.3 is 0 Å². The highest BCUT2D eigenvalue weighted by Gasteiger charge is 2.11. The van der Waals surface area contributed by atoms with Crippen LogP contribution in [0.2, 0.25) is 0 Å². The van der Waals surface area contributed by atoms with Crippen LogP contribution in [0.3, 0.4) is 0 Å². The van der Waals surface area contributed by atoms with E-state index >= 15 is 0 Å². The monoisotopic (exact) mass is 434 g/mol. The summed E-state index contributed by atoms with van der Waals surface area (Å²) in [5, 5.41) is 5.87. The maximum Gasteiger partial charge on any atom is 0.264 e. The van der Waals surface area contributed by atoms with Crippen LogP contribution >= 0.6 is 28.1 Å². The molecule has 0 aromatic heterocycles. The van der Waals surface area contributed by atoms with E-state index < -0.39 is 0 Å². The third-order valence-corrected chi connectivity index (χ3v) is 4.64. The highest BCUT2D eigenvalue weighted by atomic mass is 79.9. The zero-order valence-electron chi connectivity index (χ0n) is 15.4. The van der Waals surface area contributed by atoms with Crippen molar-refractivity contribution in [2.45, 2.75) is 33.6 Å². The van der Waals surface area contributed by atoms with Gasteiger partial charge in [0.2, 0.25) is 0 Å². The summed E-state index contributed by atoms with van der Waals surface area (Å²) in [6.07, 6.45) is 0. The Bertz CT molecular complexity index is 821. The van der Waals surface area contributed by atoms with Gasteiger partial charge in [-0.3, -0.25) is 10.1 Å². The molecule has 138 valence electrons. The van der Waals surface area contributed by atoms with Gasteiger partial charge in [0.15, 0.2) is 11.7 Å². The second kappa shape index (κ2) is 9.14. The van der Waals surface area contributed by atoms with Crippen LogP contribution in [0, 0.1) is 13.8 Å². The summed E-state index contributed by atoms with van der Waals surface area (Å²) >= 11 is 8.68. The van der Waals surface area contributed by atoms with Gasteiger partial charge in [0.1, 0.15) is 5.75 Å². The number of anilines is 1. The third-order valence-electron chi connectivity index (χ3n) is 3.78. The number of benzene rings is 2. The van der Waals surface area contributed by atoms with E-state index in [2.05, 4.69) is 40.4 Å². The van der Waals surface area contributed by atoms with Crippen LogP contribution in [0.15, 0.2) is 40.9 Å². The molecule has 2 rings (SSSR count). The van der Waals surface area contributed by atoms with E-state index in [1.54, 1.807) is 0 Å². The first-order valence-corrected chi connectivity index (χ1v) is 9.56. The van der Waals surface area contributed by atoms with Crippen LogP contribution in [-0.2, 0) is 4.79 Å². The van der Waals surface area contributed by atoms with Crippen LogP contribution in [0.5, 0.6) is 5.75 Å². The SMILES string of the molecule is Cc1ccc(NC(=S)NC(=O)COc2cc(C)ccc2C(C)C)c(Br)c1. The molecule has 0 unspecified atom stereocenters. The molecule has 0 heterocycles. The molecule has 26 heavy (non-hydrogen) atoms. The molecule has 0 atom stereocenters. The number of ether oxygens (including phenoxy) is 1. The number of carbonyl (C=O) groups is 1. The summed E-state index contributed by atoms with van der Waals surface area (Å²) in [6.45, 7) is 8.09. The standard InChI is InChI=1S/C20H23BrN2O2S/c1-12(2)15-7-5-14(4)10-18(15)25-11-19(24)23-20(26)22-17-8-6-13(3)9-16(17)21/h5-10,12H,11H2,1-4H3,(H2,22,23,24,26). The highest BCUT2D eigenvalue weighted by molar-refractivity contribution is 9.10. The molecule has 0 radical (unpaired) electrons. The van der Waals surface area contributed by atoms with Crippen LogP contribution in [0.4, 0.5) is 5.69 Å². The fourth-order valence-corrected chi connectivity index (χ4v) is 3.24. The Balaban J connectivity index is 1.93. The van der Waals surface area contributed by atoms with Gasteiger partial charge in [0.05, 0.1) is 5.69 Å². The Kier molecular flexibility index (Phi) is 7.17.